The Hall–Kier alpha value is -2.71. The number of aryl methyl sites for hydroxylation is 1. The van der Waals surface area contributed by atoms with Crippen LogP contribution in [0.5, 0.6) is 0 Å². The number of amides is 2. The number of hydrogen-bond acceptors (Lipinski definition) is 6. The highest BCUT2D eigenvalue weighted by Crippen LogP contribution is 2.37. The van der Waals surface area contributed by atoms with Gasteiger partial charge >= 0.3 is 0 Å². The number of hydrogen-bond donors (Lipinski definition) is 1. The van der Waals surface area contributed by atoms with E-state index in [1.165, 1.54) is 10.5 Å². The second kappa shape index (κ2) is 10.7. The van der Waals surface area contributed by atoms with E-state index >= 15 is 0 Å². The number of nitrogens with zero attached hydrogens (tertiary/aromatic N) is 5. The topological polar surface area (TPSA) is 81.7 Å². The van der Waals surface area contributed by atoms with Crippen molar-refractivity contribution in [3.05, 3.63) is 52.4 Å². The Labute approximate surface area is 206 Å². The monoisotopic (exact) mass is 484 g/mol. The number of carbonyl (C=O) groups is 2. The van der Waals surface area contributed by atoms with Crippen molar-refractivity contribution in [3.8, 4) is 0 Å². The number of rotatable bonds is 7. The minimum atomic E-state index is -0.486. The maximum atomic E-state index is 13.5. The molecule has 0 bridgehead atoms. The fourth-order valence-corrected chi connectivity index (χ4v) is 4.83. The highest BCUT2D eigenvalue weighted by Gasteiger charge is 2.31. The second-order valence-electron chi connectivity index (χ2n) is 9.36. The molecule has 2 aromatic rings. The molecule has 0 radical (unpaired) electrons. The van der Waals surface area contributed by atoms with Gasteiger partial charge in [0.25, 0.3) is 0 Å². The number of nitrogens with one attached hydrogen (secondary N) is 1. The van der Waals surface area contributed by atoms with Crippen molar-refractivity contribution in [1.82, 2.24) is 25.1 Å². The highest BCUT2D eigenvalue weighted by molar-refractivity contribution is 6.30. The maximum absolute atomic E-state index is 13.5. The van der Waals surface area contributed by atoms with E-state index in [9.17, 15) is 9.59 Å². The molecule has 2 heterocycles. The first-order chi connectivity index (χ1) is 16.3. The molecule has 1 saturated heterocycles. The minimum absolute atomic E-state index is 0.0161. The molecule has 34 heavy (non-hydrogen) atoms. The first-order valence-corrected chi connectivity index (χ1v) is 12.3. The molecule has 9 heteroatoms. The lowest BCUT2D eigenvalue weighted by Crippen LogP contribution is -2.56. The van der Waals surface area contributed by atoms with Crippen molar-refractivity contribution in [3.63, 3.8) is 0 Å². The number of piperazine rings is 1. The van der Waals surface area contributed by atoms with Crippen LogP contribution < -0.4 is 10.2 Å². The van der Waals surface area contributed by atoms with Gasteiger partial charge in [0.2, 0.25) is 11.8 Å². The molecule has 0 spiro atoms. The number of likely N-dealkylation sites (N-methyl/N-ethyl adjacent to an activating group) is 1. The molecule has 4 rings (SSSR count). The van der Waals surface area contributed by atoms with Crippen LogP contribution >= 0.6 is 11.6 Å². The van der Waals surface area contributed by atoms with Gasteiger partial charge in [-0.2, -0.15) is 0 Å². The quantitative estimate of drug-likeness (QED) is 0.648. The Bertz CT molecular complexity index is 1020. The van der Waals surface area contributed by atoms with Crippen LogP contribution in [0.2, 0.25) is 5.02 Å². The van der Waals surface area contributed by atoms with E-state index in [0.29, 0.717) is 30.5 Å². The van der Waals surface area contributed by atoms with E-state index in [2.05, 4.69) is 27.1 Å². The van der Waals surface area contributed by atoms with Crippen LogP contribution in [-0.4, -0.2) is 84.4 Å². The van der Waals surface area contributed by atoms with Gasteiger partial charge in [0.1, 0.15) is 12.1 Å². The number of fused-ring (bicyclic) bond motifs is 1. The molecule has 8 nitrogen and oxygen atoms in total. The Kier molecular flexibility index (Phi) is 7.68. The van der Waals surface area contributed by atoms with Crippen LogP contribution in [0, 0.1) is 0 Å². The number of halogens is 1. The van der Waals surface area contributed by atoms with Crippen molar-refractivity contribution >= 4 is 29.2 Å². The Morgan fingerprint density at radius 2 is 1.85 bits per heavy atom. The first-order valence-electron chi connectivity index (χ1n) is 11.9. The molecule has 1 aromatic heterocycles. The third-order valence-corrected chi connectivity index (χ3v) is 7.04. The van der Waals surface area contributed by atoms with Gasteiger partial charge in [0.05, 0.1) is 12.6 Å². The molecule has 1 fully saturated rings. The Morgan fingerprint density at radius 1 is 1.15 bits per heavy atom. The van der Waals surface area contributed by atoms with E-state index in [4.69, 9.17) is 11.6 Å². The van der Waals surface area contributed by atoms with E-state index < -0.39 is 6.04 Å². The van der Waals surface area contributed by atoms with Crippen LogP contribution in [-0.2, 0) is 22.4 Å². The normalized spacial score (nSPS) is 18.5. The van der Waals surface area contributed by atoms with Gasteiger partial charge in [-0.25, -0.2) is 9.97 Å². The zero-order valence-electron chi connectivity index (χ0n) is 20.1. The van der Waals surface area contributed by atoms with Crippen LogP contribution in [0.4, 0.5) is 5.82 Å². The largest absolute Gasteiger partial charge is 0.353 e. The second-order valence-corrected chi connectivity index (χ2v) is 9.80. The SMILES string of the molecule is C[C@@H]1CCc2ncnc(N3CCN(C(=O)[C@@H](Cc4ccc(Cl)cc4)NCC(=O)N(C)C)CC3)c21. The van der Waals surface area contributed by atoms with E-state index in [-0.39, 0.29) is 18.4 Å². The summed E-state index contributed by atoms with van der Waals surface area (Å²) in [6.07, 6.45) is 4.28. The first kappa shape index (κ1) is 24.4. The van der Waals surface area contributed by atoms with Crippen LogP contribution in [0.1, 0.15) is 36.1 Å². The predicted octanol–water partition coefficient (Wildman–Crippen LogP) is 2.12. The predicted molar refractivity (Wildman–Crippen MR) is 133 cm³/mol. The lowest BCUT2D eigenvalue weighted by Gasteiger charge is -2.38. The summed E-state index contributed by atoms with van der Waals surface area (Å²) in [7, 11) is 3.42. The average Bonchev–Trinajstić information content (AvgIpc) is 3.23. The Balaban J connectivity index is 1.43. The Morgan fingerprint density at radius 3 is 2.53 bits per heavy atom. The molecule has 0 unspecified atom stereocenters. The molecule has 1 N–H and O–H groups in total. The summed E-state index contributed by atoms with van der Waals surface area (Å²) in [6.45, 7) is 5.04. The third kappa shape index (κ3) is 5.50. The zero-order chi connectivity index (χ0) is 24.2. The molecule has 2 amide bonds. The molecule has 182 valence electrons. The fourth-order valence-electron chi connectivity index (χ4n) is 4.71. The maximum Gasteiger partial charge on any atom is 0.240 e. The summed E-state index contributed by atoms with van der Waals surface area (Å²) in [5, 5.41) is 3.85. The van der Waals surface area contributed by atoms with Gasteiger partial charge in [0.15, 0.2) is 0 Å². The lowest BCUT2D eigenvalue weighted by molar-refractivity contribution is -0.134. The summed E-state index contributed by atoms with van der Waals surface area (Å²) >= 11 is 6.02. The minimum Gasteiger partial charge on any atom is -0.353 e. The van der Waals surface area contributed by atoms with Crippen molar-refractivity contribution in [2.24, 2.45) is 0 Å². The average molecular weight is 485 g/mol. The van der Waals surface area contributed by atoms with Gasteiger partial charge in [-0.15, -0.1) is 0 Å². The summed E-state index contributed by atoms with van der Waals surface area (Å²) in [5.41, 5.74) is 3.43. The van der Waals surface area contributed by atoms with E-state index in [1.54, 1.807) is 20.4 Å². The summed E-state index contributed by atoms with van der Waals surface area (Å²) in [4.78, 5) is 40.4. The zero-order valence-corrected chi connectivity index (χ0v) is 20.9. The van der Waals surface area contributed by atoms with Gasteiger partial charge in [-0.05, 0) is 42.9 Å². The van der Waals surface area contributed by atoms with Gasteiger partial charge < -0.3 is 14.7 Å². The van der Waals surface area contributed by atoms with Crippen LogP contribution in [0.3, 0.4) is 0 Å². The molecule has 1 aliphatic carbocycles. The van der Waals surface area contributed by atoms with Crippen molar-refractivity contribution in [1.29, 1.82) is 0 Å². The van der Waals surface area contributed by atoms with Crippen molar-refractivity contribution < 1.29 is 9.59 Å². The third-order valence-electron chi connectivity index (χ3n) is 6.79. The van der Waals surface area contributed by atoms with Crippen LogP contribution in [0.25, 0.3) is 0 Å². The van der Waals surface area contributed by atoms with Gasteiger partial charge in [-0.1, -0.05) is 30.7 Å². The molecule has 0 saturated carbocycles. The van der Waals surface area contributed by atoms with Gasteiger partial charge in [-0.3, -0.25) is 14.9 Å². The van der Waals surface area contributed by atoms with Crippen molar-refractivity contribution in [2.75, 3.05) is 51.7 Å². The molecular formula is C25H33ClN6O2. The fraction of sp³-hybridized carbons (Fsp3) is 0.520. The van der Waals surface area contributed by atoms with E-state index in [0.717, 1.165) is 43.0 Å². The van der Waals surface area contributed by atoms with E-state index in [1.807, 2.05) is 29.2 Å². The number of carbonyl (C=O) groups excluding carboxylic acids is 2. The smallest absolute Gasteiger partial charge is 0.240 e. The molecule has 2 atom stereocenters. The molecule has 1 aliphatic heterocycles. The molecular weight excluding hydrogens is 452 g/mol. The number of aromatic nitrogens is 2. The van der Waals surface area contributed by atoms with Crippen molar-refractivity contribution in [2.45, 2.75) is 38.1 Å². The number of anilines is 1. The highest BCUT2D eigenvalue weighted by atomic mass is 35.5. The van der Waals surface area contributed by atoms with Crippen LogP contribution in [0.15, 0.2) is 30.6 Å². The molecule has 2 aliphatic rings. The summed E-state index contributed by atoms with van der Waals surface area (Å²) < 4.78 is 0. The number of benzene rings is 1. The summed E-state index contributed by atoms with van der Waals surface area (Å²) in [6, 6.07) is 7.01. The molecule has 1 aromatic carbocycles. The summed E-state index contributed by atoms with van der Waals surface area (Å²) in [5.74, 6) is 1.44. The lowest BCUT2D eigenvalue weighted by atomic mass is 10.0. The van der Waals surface area contributed by atoms with Gasteiger partial charge in [0, 0.05) is 56.6 Å². The standard InChI is InChI=1S/C25H33ClN6O2/c1-17-4-9-20-23(17)24(29-16-28-20)31-10-12-32(13-11-31)25(34)21(27-15-22(33)30(2)3)14-18-5-7-19(26)8-6-18/h5-8,16-17,21,27H,4,9-15H2,1-3H3/t17-,21-/m1/s1.